The smallest absolute Gasteiger partial charge is 0.119 e. The summed E-state index contributed by atoms with van der Waals surface area (Å²) in [7, 11) is 0. The summed E-state index contributed by atoms with van der Waals surface area (Å²) in [6.45, 7) is 11.9. The number of nitrogens with one attached hydrogen (secondary N) is 1. The topological polar surface area (TPSA) is 21.3 Å². The van der Waals surface area contributed by atoms with E-state index >= 15 is 0 Å². The minimum atomic E-state index is 0.305. The lowest BCUT2D eigenvalue weighted by molar-refractivity contribution is 0.310. The Balaban J connectivity index is 2.15. The third-order valence-corrected chi connectivity index (χ3v) is 4.94. The van der Waals surface area contributed by atoms with Gasteiger partial charge in [0.15, 0.2) is 0 Å². The zero-order valence-corrected chi connectivity index (χ0v) is 14.1. The molecule has 1 saturated carbocycles. The molecule has 1 fully saturated rings. The Labute approximate surface area is 130 Å². The van der Waals surface area contributed by atoms with Gasteiger partial charge in [-0.05, 0) is 55.8 Å². The summed E-state index contributed by atoms with van der Waals surface area (Å²) in [6.07, 6.45) is 3.99. The Morgan fingerprint density at radius 1 is 1.29 bits per heavy atom. The maximum Gasteiger partial charge on any atom is 0.119 e. The van der Waals surface area contributed by atoms with Gasteiger partial charge in [-0.2, -0.15) is 0 Å². The van der Waals surface area contributed by atoms with Gasteiger partial charge in [0.05, 0.1) is 6.61 Å². The molecule has 0 saturated heterocycles. The van der Waals surface area contributed by atoms with Gasteiger partial charge in [-0.25, -0.2) is 0 Å². The molecule has 0 heterocycles. The summed E-state index contributed by atoms with van der Waals surface area (Å²) in [6, 6.07) is 8.83. The molecule has 1 aliphatic rings. The van der Waals surface area contributed by atoms with E-state index in [0.717, 1.165) is 31.4 Å². The van der Waals surface area contributed by atoms with Crippen LogP contribution in [0.25, 0.3) is 0 Å². The number of hydrogen-bond donors (Lipinski definition) is 1. The van der Waals surface area contributed by atoms with Gasteiger partial charge in [0.25, 0.3) is 0 Å². The van der Waals surface area contributed by atoms with E-state index < -0.39 is 0 Å². The fourth-order valence-corrected chi connectivity index (χ4v) is 3.67. The van der Waals surface area contributed by atoms with Crippen molar-refractivity contribution in [2.45, 2.75) is 52.4 Å². The van der Waals surface area contributed by atoms with Crippen molar-refractivity contribution in [3.8, 4) is 5.75 Å². The average molecular weight is 289 g/mol. The van der Waals surface area contributed by atoms with Crippen molar-refractivity contribution in [1.82, 2.24) is 5.32 Å². The highest BCUT2D eigenvalue weighted by Crippen LogP contribution is 2.45. The molecule has 1 aliphatic carbocycles. The summed E-state index contributed by atoms with van der Waals surface area (Å²) in [5.41, 5.74) is 1.78. The van der Waals surface area contributed by atoms with E-state index in [2.05, 4.69) is 50.4 Å². The molecule has 118 valence electrons. The third-order valence-electron chi connectivity index (χ3n) is 4.94. The lowest BCUT2D eigenvalue weighted by atomic mass is 9.73. The van der Waals surface area contributed by atoms with Gasteiger partial charge in [-0.1, -0.05) is 39.3 Å². The van der Waals surface area contributed by atoms with Gasteiger partial charge >= 0.3 is 0 Å². The van der Waals surface area contributed by atoms with E-state index in [4.69, 9.17) is 4.74 Å². The largest absolute Gasteiger partial charge is 0.494 e. The third kappa shape index (κ3) is 3.79. The maximum atomic E-state index is 5.58. The van der Waals surface area contributed by atoms with Gasteiger partial charge in [-0.15, -0.1) is 0 Å². The normalized spacial score (nSPS) is 25.5. The van der Waals surface area contributed by atoms with Crippen molar-refractivity contribution >= 4 is 0 Å². The van der Waals surface area contributed by atoms with Gasteiger partial charge in [0.2, 0.25) is 0 Å². The first-order valence-electron chi connectivity index (χ1n) is 8.52. The summed E-state index contributed by atoms with van der Waals surface area (Å²) in [5.74, 6) is 2.44. The average Bonchev–Trinajstić information content (AvgIpc) is 2.82. The van der Waals surface area contributed by atoms with Crippen molar-refractivity contribution in [3.05, 3.63) is 29.8 Å². The minimum absolute atomic E-state index is 0.305. The Bertz CT molecular complexity index is 426. The lowest BCUT2D eigenvalue weighted by Gasteiger charge is -2.35. The molecule has 0 radical (unpaired) electrons. The highest BCUT2D eigenvalue weighted by molar-refractivity contribution is 5.34. The second-order valence-electron chi connectivity index (χ2n) is 6.93. The Morgan fingerprint density at radius 3 is 2.52 bits per heavy atom. The number of rotatable bonds is 7. The SMILES string of the molecule is CCOc1ccc(C2(CNCC(C)C)CCCC2C)cc1. The summed E-state index contributed by atoms with van der Waals surface area (Å²) in [5, 5.41) is 3.71. The van der Waals surface area contributed by atoms with Gasteiger partial charge in [0.1, 0.15) is 5.75 Å². The molecule has 1 N–H and O–H groups in total. The molecule has 0 bridgehead atoms. The molecular formula is C19H31NO. The highest BCUT2D eigenvalue weighted by atomic mass is 16.5. The van der Waals surface area contributed by atoms with Crippen LogP contribution in [0.1, 0.15) is 52.5 Å². The second kappa shape index (κ2) is 7.31. The van der Waals surface area contributed by atoms with Gasteiger partial charge < -0.3 is 10.1 Å². The van der Waals surface area contributed by atoms with Crippen molar-refractivity contribution in [3.63, 3.8) is 0 Å². The molecule has 2 heteroatoms. The van der Waals surface area contributed by atoms with Crippen LogP contribution in [0.4, 0.5) is 0 Å². The molecule has 2 unspecified atom stereocenters. The van der Waals surface area contributed by atoms with Crippen LogP contribution in [0.15, 0.2) is 24.3 Å². The molecule has 2 nitrogen and oxygen atoms in total. The zero-order chi connectivity index (χ0) is 15.3. The predicted octanol–water partition coefficient (Wildman–Crippen LogP) is 4.39. The van der Waals surface area contributed by atoms with Crippen molar-refractivity contribution in [1.29, 1.82) is 0 Å². The summed E-state index contributed by atoms with van der Waals surface area (Å²) >= 11 is 0. The molecule has 21 heavy (non-hydrogen) atoms. The van der Waals surface area contributed by atoms with E-state index in [1.54, 1.807) is 0 Å². The number of hydrogen-bond acceptors (Lipinski definition) is 2. The molecular weight excluding hydrogens is 258 g/mol. The number of ether oxygens (including phenoxy) is 1. The first kappa shape index (κ1) is 16.4. The standard InChI is InChI=1S/C19H31NO/c1-5-21-18-10-8-17(9-11-18)19(12-6-7-16(19)4)14-20-13-15(2)3/h8-11,15-16,20H,5-7,12-14H2,1-4H3. The molecule has 0 aromatic heterocycles. The molecule has 2 atom stereocenters. The predicted molar refractivity (Wildman–Crippen MR) is 90.0 cm³/mol. The molecule has 0 aliphatic heterocycles. The minimum Gasteiger partial charge on any atom is -0.494 e. The molecule has 0 amide bonds. The van der Waals surface area contributed by atoms with Crippen LogP contribution in [-0.2, 0) is 5.41 Å². The fourth-order valence-electron chi connectivity index (χ4n) is 3.67. The van der Waals surface area contributed by atoms with E-state index in [1.807, 2.05) is 6.92 Å². The van der Waals surface area contributed by atoms with Crippen LogP contribution in [0.2, 0.25) is 0 Å². The Kier molecular flexibility index (Phi) is 5.69. The van der Waals surface area contributed by atoms with Crippen molar-refractivity contribution < 1.29 is 4.74 Å². The molecule has 1 aromatic carbocycles. The van der Waals surface area contributed by atoms with Crippen LogP contribution in [0, 0.1) is 11.8 Å². The van der Waals surface area contributed by atoms with Crippen LogP contribution in [0.5, 0.6) is 5.75 Å². The quantitative estimate of drug-likeness (QED) is 0.804. The van der Waals surface area contributed by atoms with Crippen LogP contribution < -0.4 is 10.1 Å². The molecule has 0 spiro atoms. The van der Waals surface area contributed by atoms with Crippen LogP contribution in [-0.4, -0.2) is 19.7 Å². The highest BCUT2D eigenvalue weighted by Gasteiger charge is 2.41. The monoisotopic (exact) mass is 289 g/mol. The van der Waals surface area contributed by atoms with Crippen LogP contribution >= 0.6 is 0 Å². The summed E-state index contributed by atoms with van der Waals surface area (Å²) < 4.78 is 5.58. The number of benzene rings is 1. The van der Waals surface area contributed by atoms with Crippen molar-refractivity contribution in [2.24, 2.45) is 11.8 Å². The van der Waals surface area contributed by atoms with E-state index in [1.165, 1.54) is 24.8 Å². The molecule has 1 aromatic rings. The molecule has 2 rings (SSSR count). The summed E-state index contributed by atoms with van der Waals surface area (Å²) in [4.78, 5) is 0. The van der Waals surface area contributed by atoms with E-state index in [9.17, 15) is 0 Å². The van der Waals surface area contributed by atoms with Gasteiger partial charge in [0, 0.05) is 12.0 Å². The first-order valence-corrected chi connectivity index (χ1v) is 8.52. The second-order valence-corrected chi connectivity index (χ2v) is 6.93. The van der Waals surface area contributed by atoms with E-state index in [0.29, 0.717) is 11.3 Å². The lowest BCUT2D eigenvalue weighted by Crippen LogP contribution is -2.41. The Morgan fingerprint density at radius 2 is 2.00 bits per heavy atom. The van der Waals surface area contributed by atoms with Gasteiger partial charge in [-0.3, -0.25) is 0 Å². The van der Waals surface area contributed by atoms with E-state index in [-0.39, 0.29) is 0 Å². The van der Waals surface area contributed by atoms with Crippen molar-refractivity contribution in [2.75, 3.05) is 19.7 Å². The Hall–Kier alpha value is -1.02. The van der Waals surface area contributed by atoms with Crippen LogP contribution in [0.3, 0.4) is 0 Å². The zero-order valence-electron chi connectivity index (χ0n) is 14.1. The fraction of sp³-hybridized carbons (Fsp3) is 0.684. The first-order chi connectivity index (χ1) is 10.1. The maximum absolute atomic E-state index is 5.58.